The number of benzene rings is 1. The van der Waals surface area contributed by atoms with E-state index in [1.807, 2.05) is 47.5 Å². The summed E-state index contributed by atoms with van der Waals surface area (Å²) in [6.07, 6.45) is 12.7. The third kappa shape index (κ3) is 7.21. The molecule has 0 saturated heterocycles. The van der Waals surface area contributed by atoms with E-state index in [4.69, 9.17) is 0 Å². The topological polar surface area (TPSA) is 78.4 Å². The second-order valence-electron chi connectivity index (χ2n) is 9.40. The highest BCUT2D eigenvalue weighted by molar-refractivity contribution is 5.97. The molecular weight excluding hydrogens is 450 g/mol. The molecule has 1 aliphatic rings. The van der Waals surface area contributed by atoms with Crippen LogP contribution in [0.15, 0.2) is 67.3 Å². The maximum absolute atomic E-state index is 13.0. The van der Waals surface area contributed by atoms with E-state index in [9.17, 15) is 9.59 Å². The van der Waals surface area contributed by atoms with Gasteiger partial charge in [-0.25, -0.2) is 0 Å². The smallest absolute Gasteiger partial charge is 0.251 e. The summed E-state index contributed by atoms with van der Waals surface area (Å²) in [5.74, 6) is -0.109. The van der Waals surface area contributed by atoms with Gasteiger partial charge in [0.15, 0.2) is 0 Å². The Kier molecular flexibility index (Phi) is 9.16. The van der Waals surface area contributed by atoms with Gasteiger partial charge in [0, 0.05) is 69.1 Å². The number of anilines is 1. The largest absolute Gasteiger partial charge is 0.348 e. The highest BCUT2D eigenvalue weighted by atomic mass is 16.2. The molecule has 0 atom stereocenters. The van der Waals surface area contributed by atoms with Crippen molar-refractivity contribution in [2.24, 2.45) is 0 Å². The second kappa shape index (κ2) is 12.9. The minimum atomic E-state index is -0.138. The number of carbonyl (C=O) groups excluding carboxylic acids is 2. The van der Waals surface area contributed by atoms with Gasteiger partial charge in [-0.2, -0.15) is 0 Å². The number of hydrogen-bond acceptors (Lipinski definition) is 5. The van der Waals surface area contributed by atoms with Crippen LogP contribution < -0.4 is 10.2 Å². The van der Waals surface area contributed by atoms with Crippen LogP contribution in [-0.4, -0.2) is 39.8 Å². The van der Waals surface area contributed by atoms with Crippen molar-refractivity contribution in [3.05, 3.63) is 89.5 Å². The standard InChI is InChI=1S/C29H35N5O2/c1-23(35)34-16-6-4-2-3-5-15-33(21-25-10-8-14-31-19-25)22-27-17-26(11-12-28(27)34)29(36)32-20-24-9-7-13-30-18-24/h7-14,17-19H,2-6,15-16,20-22H2,1H3,(H,32,36). The van der Waals surface area contributed by atoms with Crippen LogP contribution in [0.3, 0.4) is 0 Å². The first kappa shape index (κ1) is 25.5. The third-order valence-corrected chi connectivity index (χ3v) is 6.57. The molecule has 0 spiro atoms. The molecular formula is C29H35N5O2. The summed E-state index contributed by atoms with van der Waals surface area (Å²) in [5.41, 5.74) is 4.57. The summed E-state index contributed by atoms with van der Waals surface area (Å²) in [7, 11) is 0. The Morgan fingerprint density at radius 3 is 2.28 bits per heavy atom. The molecule has 0 bridgehead atoms. The lowest BCUT2D eigenvalue weighted by atomic mass is 10.0. The lowest BCUT2D eigenvalue weighted by molar-refractivity contribution is -0.116. The number of nitrogens with zero attached hydrogens (tertiary/aromatic N) is 4. The predicted octanol–water partition coefficient (Wildman–Crippen LogP) is 4.73. The summed E-state index contributed by atoms with van der Waals surface area (Å²) >= 11 is 0. The zero-order valence-electron chi connectivity index (χ0n) is 21.0. The van der Waals surface area contributed by atoms with Gasteiger partial charge in [-0.05, 0) is 66.4 Å². The zero-order chi connectivity index (χ0) is 25.2. The lowest BCUT2D eigenvalue weighted by Crippen LogP contribution is -2.33. The molecule has 0 radical (unpaired) electrons. The first-order valence-electron chi connectivity index (χ1n) is 12.8. The molecule has 3 aromatic rings. The molecule has 1 aliphatic heterocycles. The van der Waals surface area contributed by atoms with Crippen LogP contribution in [0.5, 0.6) is 0 Å². The van der Waals surface area contributed by atoms with E-state index in [0.29, 0.717) is 25.2 Å². The molecule has 7 nitrogen and oxygen atoms in total. The van der Waals surface area contributed by atoms with Crippen molar-refractivity contribution in [2.75, 3.05) is 18.0 Å². The molecule has 0 aliphatic carbocycles. The Balaban J connectivity index is 1.62. The molecule has 1 N–H and O–H groups in total. The Hall–Kier alpha value is -3.58. The van der Waals surface area contributed by atoms with Gasteiger partial charge < -0.3 is 10.2 Å². The van der Waals surface area contributed by atoms with Gasteiger partial charge in [0.1, 0.15) is 0 Å². The average molecular weight is 486 g/mol. The number of hydrogen-bond donors (Lipinski definition) is 1. The summed E-state index contributed by atoms with van der Waals surface area (Å²) in [6.45, 7) is 5.10. The van der Waals surface area contributed by atoms with Crippen LogP contribution in [0.1, 0.15) is 66.1 Å². The average Bonchev–Trinajstić information content (AvgIpc) is 2.89. The number of amides is 2. The number of aromatic nitrogens is 2. The van der Waals surface area contributed by atoms with Crippen LogP contribution in [0, 0.1) is 0 Å². The Bertz CT molecular complexity index is 1140. The molecule has 1 aromatic carbocycles. The molecule has 7 heteroatoms. The lowest BCUT2D eigenvalue weighted by Gasteiger charge is -2.29. The van der Waals surface area contributed by atoms with E-state index < -0.39 is 0 Å². The van der Waals surface area contributed by atoms with Gasteiger partial charge in [0.05, 0.1) is 0 Å². The van der Waals surface area contributed by atoms with Crippen molar-refractivity contribution >= 4 is 17.5 Å². The van der Waals surface area contributed by atoms with Gasteiger partial charge in [-0.15, -0.1) is 0 Å². The van der Waals surface area contributed by atoms with Crippen molar-refractivity contribution in [2.45, 2.75) is 58.7 Å². The minimum absolute atomic E-state index is 0.0286. The number of nitrogens with one attached hydrogen (secondary N) is 1. The number of rotatable bonds is 5. The minimum Gasteiger partial charge on any atom is -0.348 e. The fourth-order valence-corrected chi connectivity index (χ4v) is 4.69. The van der Waals surface area contributed by atoms with Gasteiger partial charge >= 0.3 is 0 Å². The summed E-state index contributed by atoms with van der Waals surface area (Å²) in [5, 5.41) is 2.99. The summed E-state index contributed by atoms with van der Waals surface area (Å²) in [4.78, 5) is 38.3. The summed E-state index contributed by atoms with van der Waals surface area (Å²) in [6, 6.07) is 13.6. The maximum atomic E-state index is 13.0. The Morgan fingerprint density at radius 2 is 1.58 bits per heavy atom. The van der Waals surface area contributed by atoms with E-state index in [2.05, 4.69) is 26.3 Å². The molecule has 0 saturated carbocycles. The molecule has 0 fully saturated rings. The molecule has 36 heavy (non-hydrogen) atoms. The first-order valence-corrected chi connectivity index (χ1v) is 12.8. The number of fused-ring (bicyclic) bond motifs is 1. The van der Waals surface area contributed by atoms with Crippen LogP contribution >= 0.6 is 0 Å². The molecule has 2 amide bonds. The Morgan fingerprint density at radius 1 is 0.889 bits per heavy atom. The normalized spacial score (nSPS) is 15.3. The van der Waals surface area contributed by atoms with E-state index >= 15 is 0 Å². The Labute approximate surface area is 213 Å². The molecule has 2 aromatic heterocycles. The number of carbonyl (C=O) groups is 2. The first-order chi connectivity index (χ1) is 17.6. The van der Waals surface area contributed by atoms with E-state index in [1.54, 1.807) is 25.5 Å². The van der Waals surface area contributed by atoms with Crippen molar-refractivity contribution in [3.63, 3.8) is 0 Å². The van der Waals surface area contributed by atoms with Crippen LogP contribution in [0.2, 0.25) is 0 Å². The van der Waals surface area contributed by atoms with Crippen molar-refractivity contribution in [1.29, 1.82) is 0 Å². The molecule has 188 valence electrons. The monoisotopic (exact) mass is 485 g/mol. The van der Waals surface area contributed by atoms with Crippen LogP contribution in [0.25, 0.3) is 0 Å². The fraction of sp³-hybridized carbons (Fsp3) is 0.379. The molecule has 4 rings (SSSR count). The van der Waals surface area contributed by atoms with Crippen LogP contribution in [0.4, 0.5) is 5.69 Å². The van der Waals surface area contributed by atoms with Gasteiger partial charge in [0.25, 0.3) is 5.91 Å². The van der Waals surface area contributed by atoms with Gasteiger partial charge in [-0.3, -0.25) is 24.5 Å². The second-order valence-corrected chi connectivity index (χ2v) is 9.40. The summed E-state index contributed by atoms with van der Waals surface area (Å²) < 4.78 is 0. The maximum Gasteiger partial charge on any atom is 0.251 e. The van der Waals surface area contributed by atoms with E-state index in [1.165, 1.54) is 12.8 Å². The van der Waals surface area contributed by atoms with Crippen LogP contribution in [-0.2, 0) is 24.4 Å². The highest BCUT2D eigenvalue weighted by Crippen LogP contribution is 2.26. The highest BCUT2D eigenvalue weighted by Gasteiger charge is 2.20. The number of pyridine rings is 2. The predicted molar refractivity (Wildman–Crippen MR) is 141 cm³/mol. The molecule has 3 heterocycles. The SMILES string of the molecule is CC(=O)N1CCCCCCCN(Cc2cccnc2)Cc2cc(C(=O)NCc3cccnc3)ccc21. The third-order valence-electron chi connectivity index (χ3n) is 6.57. The van der Waals surface area contributed by atoms with E-state index in [-0.39, 0.29) is 11.8 Å². The molecule has 0 unspecified atom stereocenters. The van der Waals surface area contributed by atoms with Crippen molar-refractivity contribution in [1.82, 2.24) is 20.2 Å². The van der Waals surface area contributed by atoms with Gasteiger partial charge in [0.2, 0.25) is 5.91 Å². The quantitative estimate of drug-likeness (QED) is 0.566. The van der Waals surface area contributed by atoms with Gasteiger partial charge in [-0.1, -0.05) is 31.4 Å². The van der Waals surface area contributed by atoms with Crippen molar-refractivity contribution < 1.29 is 9.59 Å². The fourth-order valence-electron chi connectivity index (χ4n) is 4.69. The van der Waals surface area contributed by atoms with Crippen molar-refractivity contribution in [3.8, 4) is 0 Å². The zero-order valence-corrected chi connectivity index (χ0v) is 21.0. The van der Waals surface area contributed by atoms with E-state index in [0.717, 1.165) is 54.7 Å².